The van der Waals surface area contributed by atoms with Gasteiger partial charge in [0.05, 0.1) is 20.3 Å². The second-order valence-electron chi connectivity index (χ2n) is 6.02. The zero-order chi connectivity index (χ0) is 19.1. The first kappa shape index (κ1) is 19.7. The van der Waals surface area contributed by atoms with E-state index in [1.807, 2.05) is 13.0 Å². The minimum atomic E-state index is -0.643. The van der Waals surface area contributed by atoms with Crippen molar-refractivity contribution in [3.63, 3.8) is 0 Å². The number of aryl methyl sites for hydroxylation is 1. The lowest BCUT2D eigenvalue weighted by Gasteiger charge is -2.32. The van der Waals surface area contributed by atoms with Gasteiger partial charge in [0.15, 0.2) is 5.78 Å². The second-order valence-corrected chi connectivity index (χ2v) is 6.02. The van der Waals surface area contributed by atoms with Crippen LogP contribution in [0.3, 0.4) is 0 Å². The summed E-state index contributed by atoms with van der Waals surface area (Å²) in [4.78, 5) is 36.2. The molecule has 1 aliphatic rings. The van der Waals surface area contributed by atoms with Crippen molar-refractivity contribution < 1.29 is 28.6 Å². The first-order valence-corrected chi connectivity index (χ1v) is 8.36. The zero-order valence-electron chi connectivity index (χ0n) is 15.2. The predicted octanol–water partition coefficient (Wildman–Crippen LogP) is 1.16. The van der Waals surface area contributed by atoms with E-state index in [-0.39, 0.29) is 30.9 Å². The highest BCUT2D eigenvalue weighted by Crippen LogP contribution is 2.18. The fourth-order valence-electron chi connectivity index (χ4n) is 2.69. The summed E-state index contributed by atoms with van der Waals surface area (Å²) < 4.78 is 15.8. The Labute approximate surface area is 152 Å². The number of methoxy groups -OCH3 is 1. The normalized spacial score (nSPS) is 16.7. The van der Waals surface area contributed by atoms with Crippen molar-refractivity contribution >= 4 is 17.8 Å². The molecule has 8 nitrogen and oxygen atoms in total. The summed E-state index contributed by atoms with van der Waals surface area (Å²) in [6.45, 7) is 4.80. The highest BCUT2D eigenvalue weighted by molar-refractivity contribution is 5.95. The minimum absolute atomic E-state index is 0.0133. The Bertz CT molecular complexity index is 676. The summed E-state index contributed by atoms with van der Waals surface area (Å²) in [5, 5.41) is 2.37. The van der Waals surface area contributed by atoms with Gasteiger partial charge >= 0.3 is 6.09 Å². The first-order valence-electron chi connectivity index (χ1n) is 8.36. The van der Waals surface area contributed by atoms with Crippen molar-refractivity contribution in [3.8, 4) is 5.75 Å². The van der Waals surface area contributed by atoms with Crippen LogP contribution < -0.4 is 10.1 Å². The van der Waals surface area contributed by atoms with E-state index >= 15 is 0 Å². The van der Waals surface area contributed by atoms with E-state index < -0.39 is 6.09 Å². The zero-order valence-corrected chi connectivity index (χ0v) is 15.2. The van der Waals surface area contributed by atoms with Gasteiger partial charge in [0.2, 0.25) is 5.91 Å². The molecule has 8 heteroatoms. The standard InChI is InChI=1S/C18H24N2O6/c1-12-8-14(4-5-16(12)13(2)21)26-11-15-10-20(6-7-25-15)17(22)9-19-18(23)24-3/h4-5,8,15H,6-7,9-11H2,1-3H3,(H,19,23). The molecule has 1 unspecified atom stereocenters. The number of carbonyl (C=O) groups is 3. The Kier molecular flexibility index (Phi) is 6.97. The van der Waals surface area contributed by atoms with Crippen LogP contribution in [0.5, 0.6) is 5.75 Å². The van der Waals surface area contributed by atoms with Crippen molar-refractivity contribution in [3.05, 3.63) is 29.3 Å². The number of ketones is 1. The number of Topliss-reactive ketones (excluding diaryl/α,β-unsaturated/α-hetero) is 1. The van der Waals surface area contributed by atoms with Gasteiger partial charge in [0.1, 0.15) is 25.0 Å². The maximum absolute atomic E-state index is 12.1. The van der Waals surface area contributed by atoms with Gasteiger partial charge < -0.3 is 24.4 Å². The van der Waals surface area contributed by atoms with E-state index in [0.29, 0.717) is 31.0 Å². The predicted molar refractivity (Wildman–Crippen MR) is 93.4 cm³/mol. The molecular weight excluding hydrogens is 340 g/mol. The average Bonchev–Trinajstić information content (AvgIpc) is 2.64. The molecule has 0 aliphatic carbocycles. The third kappa shape index (κ3) is 5.45. The van der Waals surface area contributed by atoms with Crippen LogP contribution in [0.4, 0.5) is 4.79 Å². The number of rotatable bonds is 6. The number of ether oxygens (including phenoxy) is 3. The number of amides is 2. The van der Waals surface area contributed by atoms with E-state index in [0.717, 1.165) is 5.56 Å². The molecular formula is C18H24N2O6. The molecule has 142 valence electrons. The van der Waals surface area contributed by atoms with E-state index in [2.05, 4.69) is 10.1 Å². The molecule has 1 aliphatic heterocycles. The molecule has 0 bridgehead atoms. The van der Waals surface area contributed by atoms with Gasteiger partial charge in [-0.2, -0.15) is 0 Å². The molecule has 26 heavy (non-hydrogen) atoms. The quantitative estimate of drug-likeness (QED) is 0.762. The van der Waals surface area contributed by atoms with Crippen LogP contribution in [0, 0.1) is 6.92 Å². The van der Waals surface area contributed by atoms with Crippen LogP contribution >= 0.6 is 0 Å². The fraction of sp³-hybridized carbons (Fsp3) is 0.500. The van der Waals surface area contributed by atoms with Crippen LogP contribution in [0.1, 0.15) is 22.8 Å². The Balaban J connectivity index is 1.84. The summed E-state index contributed by atoms with van der Waals surface area (Å²) in [6, 6.07) is 5.29. The highest BCUT2D eigenvalue weighted by Gasteiger charge is 2.25. The lowest BCUT2D eigenvalue weighted by molar-refractivity contribution is -0.138. The Morgan fingerprint density at radius 3 is 2.77 bits per heavy atom. The number of nitrogens with zero attached hydrogens (tertiary/aromatic N) is 1. The number of nitrogens with one attached hydrogen (secondary N) is 1. The molecule has 2 rings (SSSR count). The van der Waals surface area contributed by atoms with Crippen molar-refractivity contribution in [1.82, 2.24) is 10.2 Å². The summed E-state index contributed by atoms with van der Waals surface area (Å²) in [6.07, 6.45) is -0.908. The molecule has 2 amide bonds. The topological polar surface area (TPSA) is 94.2 Å². The van der Waals surface area contributed by atoms with Crippen LogP contribution in [0.2, 0.25) is 0 Å². The smallest absolute Gasteiger partial charge is 0.407 e. The maximum Gasteiger partial charge on any atom is 0.407 e. The third-order valence-corrected chi connectivity index (χ3v) is 4.07. The van der Waals surface area contributed by atoms with Gasteiger partial charge in [0.25, 0.3) is 0 Å². The summed E-state index contributed by atoms with van der Waals surface area (Å²) in [5.41, 5.74) is 1.52. The van der Waals surface area contributed by atoms with Crippen molar-refractivity contribution in [2.24, 2.45) is 0 Å². The van der Waals surface area contributed by atoms with E-state index in [1.54, 1.807) is 17.0 Å². The van der Waals surface area contributed by atoms with Crippen LogP contribution in [0.25, 0.3) is 0 Å². The maximum atomic E-state index is 12.1. The summed E-state index contributed by atoms with van der Waals surface area (Å²) >= 11 is 0. The molecule has 0 saturated carbocycles. The Morgan fingerprint density at radius 2 is 2.12 bits per heavy atom. The largest absolute Gasteiger partial charge is 0.491 e. The molecule has 1 aromatic carbocycles. The number of morpholine rings is 1. The molecule has 0 spiro atoms. The molecule has 1 fully saturated rings. The molecule has 1 saturated heterocycles. The molecule has 0 aromatic heterocycles. The van der Waals surface area contributed by atoms with E-state index in [4.69, 9.17) is 9.47 Å². The number of alkyl carbamates (subject to hydrolysis) is 1. The molecule has 1 heterocycles. The molecule has 1 N–H and O–H groups in total. The number of benzene rings is 1. The Hall–Kier alpha value is -2.61. The van der Waals surface area contributed by atoms with Gasteiger partial charge in [-0.25, -0.2) is 4.79 Å². The minimum Gasteiger partial charge on any atom is -0.491 e. The van der Waals surface area contributed by atoms with Gasteiger partial charge in [0, 0.05) is 12.1 Å². The number of hydrogen-bond donors (Lipinski definition) is 1. The van der Waals surface area contributed by atoms with Gasteiger partial charge in [-0.1, -0.05) is 0 Å². The van der Waals surface area contributed by atoms with Crippen LogP contribution in [0.15, 0.2) is 18.2 Å². The van der Waals surface area contributed by atoms with Crippen LogP contribution in [-0.4, -0.2) is 68.7 Å². The van der Waals surface area contributed by atoms with Crippen molar-refractivity contribution in [1.29, 1.82) is 0 Å². The second kappa shape index (κ2) is 9.19. The molecule has 0 radical (unpaired) electrons. The fourth-order valence-corrected chi connectivity index (χ4v) is 2.69. The SMILES string of the molecule is COC(=O)NCC(=O)N1CCOC(COc2ccc(C(C)=O)c(C)c2)C1. The summed E-state index contributed by atoms with van der Waals surface area (Å²) in [7, 11) is 1.24. The van der Waals surface area contributed by atoms with Gasteiger partial charge in [-0.3, -0.25) is 9.59 Å². The lowest BCUT2D eigenvalue weighted by atomic mass is 10.1. The number of carbonyl (C=O) groups excluding carboxylic acids is 3. The van der Waals surface area contributed by atoms with Crippen molar-refractivity contribution in [2.45, 2.75) is 20.0 Å². The third-order valence-electron chi connectivity index (χ3n) is 4.07. The van der Waals surface area contributed by atoms with Crippen LogP contribution in [-0.2, 0) is 14.3 Å². The van der Waals surface area contributed by atoms with E-state index in [9.17, 15) is 14.4 Å². The lowest BCUT2D eigenvalue weighted by Crippen LogP contribution is -2.50. The molecule has 1 aromatic rings. The van der Waals surface area contributed by atoms with Crippen molar-refractivity contribution in [2.75, 3.05) is 40.0 Å². The number of hydrogen-bond acceptors (Lipinski definition) is 6. The Morgan fingerprint density at radius 1 is 1.35 bits per heavy atom. The molecule has 1 atom stereocenters. The first-order chi connectivity index (χ1) is 12.4. The highest BCUT2D eigenvalue weighted by atomic mass is 16.5. The van der Waals surface area contributed by atoms with E-state index in [1.165, 1.54) is 14.0 Å². The average molecular weight is 364 g/mol. The monoisotopic (exact) mass is 364 g/mol. The van der Waals surface area contributed by atoms with Gasteiger partial charge in [-0.15, -0.1) is 0 Å². The van der Waals surface area contributed by atoms with Gasteiger partial charge in [-0.05, 0) is 37.6 Å². The summed E-state index contributed by atoms with van der Waals surface area (Å²) in [5.74, 6) is 0.455.